The fourth-order valence-electron chi connectivity index (χ4n) is 5.29. The van der Waals surface area contributed by atoms with Gasteiger partial charge in [0, 0.05) is 40.5 Å². The lowest BCUT2D eigenvalue weighted by molar-refractivity contribution is -0.142. The number of aromatic nitrogens is 2. The Balaban J connectivity index is 1.34. The third-order valence-electron chi connectivity index (χ3n) is 7.38. The Morgan fingerprint density at radius 1 is 1.14 bits per heavy atom. The molecule has 2 aromatic heterocycles. The molecule has 1 N–H and O–H groups in total. The Morgan fingerprint density at radius 3 is 2.72 bits per heavy atom. The highest BCUT2D eigenvalue weighted by Gasteiger charge is 2.42. The number of oxazole rings is 1. The smallest absolute Gasteiger partial charge is 0.310 e. The predicted octanol–water partition coefficient (Wildman–Crippen LogP) is 6.10. The number of halogens is 2. The van der Waals surface area contributed by atoms with Gasteiger partial charge in [-0.15, -0.1) is 0 Å². The molecule has 0 spiro atoms. The minimum atomic E-state index is -3.92. The molecule has 12 heteroatoms. The van der Waals surface area contributed by atoms with Crippen LogP contribution in [-0.4, -0.2) is 43.8 Å². The fourth-order valence-corrected chi connectivity index (χ4v) is 6.34. The number of nitrogens with one attached hydrogen (secondary N) is 1. The molecule has 3 heterocycles. The average molecular weight is 609 g/mol. The van der Waals surface area contributed by atoms with Crippen molar-refractivity contribution in [3.05, 3.63) is 89.4 Å². The monoisotopic (exact) mass is 608 g/mol. The molecule has 0 fully saturated rings. The van der Waals surface area contributed by atoms with E-state index in [9.17, 15) is 13.2 Å². The van der Waals surface area contributed by atoms with Crippen LogP contribution in [0.4, 0.5) is 8.78 Å². The predicted molar refractivity (Wildman–Crippen MR) is 152 cm³/mol. The van der Waals surface area contributed by atoms with E-state index in [1.165, 1.54) is 30.7 Å². The first-order valence-corrected chi connectivity index (χ1v) is 15.2. The van der Waals surface area contributed by atoms with Gasteiger partial charge >= 0.3 is 5.97 Å². The Hall–Kier alpha value is -4.71. The van der Waals surface area contributed by atoms with Gasteiger partial charge in [-0.2, -0.15) is 0 Å². The summed E-state index contributed by atoms with van der Waals surface area (Å²) < 4.78 is 77.9. The van der Waals surface area contributed by atoms with Gasteiger partial charge < -0.3 is 23.6 Å². The van der Waals surface area contributed by atoms with Gasteiger partial charge in [0.05, 0.1) is 29.7 Å². The van der Waals surface area contributed by atoms with Crippen molar-refractivity contribution in [3.63, 3.8) is 0 Å². The molecule has 0 saturated heterocycles. The number of aromatic amines is 1. The van der Waals surface area contributed by atoms with E-state index in [0.717, 1.165) is 24.0 Å². The first-order valence-electron chi connectivity index (χ1n) is 13.3. The molecule has 0 bridgehead atoms. The quantitative estimate of drug-likeness (QED) is 0.210. The number of hydrogen-bond acceptors (Lipinski definition) is 8. The molecule has 222 valence electrons. The number of carbonyl (C=O) groups is 1. The standard InChI is InChI=1S/C31H26F2N2O7S/c1-4-39-26(36)12-17-6-5-7-21-27(17)41-16-31(21,2)25-15-40-30(35-25)20-13-18(8-9-22(20)32)42-28-23(33)14-24-19(10-11-34-24)29(28)43(3,37)38/h5-11,13-15,34H,4,12,16H2,1-3H3/t31-/m1/s1. The lowest BCUT2D eigenvalue weighted by Gasteiger charge is -2.19. The SMILES string of the molecule is CCOC(=O)Cc1cccc2c1OC[C@@]2(C)c1coc(-c2cc(Oc3c(F)cc4[nH]ccc4c3S(C)(=O)=O)ccc2F)n1. The number of para-hydroxylation sites is 1. The van der Waals surface area contributed by atoms with E-state index in [1.807, 2.05) is 19.1 Å². The van der Waals surface area contributed by atoms with E-state index in [0.29, 0.717) is 17.0 Å². The maximum atomic E-state index is 15.1. The third-order valence-corrected chi connectivity index (χ3v) is 8.53. The fraction of sp³-hybridized carbons (Fsp3) is 0.226. The lowest BCUT2D eigenvalue weighted by Crippen LogP contribution is -2.25. The van der Waals surface area contributed by atoms with Crippen LogP contribution >= 0.6 is 0 Å². The summed E-state index contributed by atoms with van der Waals surface area (Å²) in [6, 6.07) is 11.7. The van der Waals surface area contributed by atoms with E-state index in [1.54, 1.807) is 13.0 Å². The molecule has 0 saturated carbocycles. The van der Waals surface area contributed by atoms with Crippen LogP contribution in [0.3, 0.4) is 0 Å². The van der Waals surface area contributed by atoms with Crippen LogP contribution in [0.5, 0.6) is 17.2 Å². The van der Waals surface area contributed by atoms with Crippen LogP contribution in [0.2, 0.25) is 0 Å². The molecule has 43 heavy (non-hydrogen) atoms. The van der Waals surface area contributed by atoms with Crippen LogP contribution in [0, 0.1) is 11.6 Å². The molecule has 0 unspecified atom stereocenters. The van der Waals surface area contributed by atoms with Crippen molar-refractivity contribution in [2.24, 2.45) is 0 Å². The molecule has 1 aliphatic rings. The topological polar surface area (TPSA) is 121 Å². The normalized spacial score (nSPS) is 16.2. The first-order chi connectivity index (χ1) is 20.5. The van der Waals surface area contributed by atoms with Crippen molar-refractivity contribution in [2.45, 2.75) is 30.6 Å². The average Bonchev–Trinajstić information content (AvgIpc) is 3.70. The summed E-state index contributed by atoms with van der Waals surface area (Å²) in [6.45, 7) is 4.11. The highest BCUT2D eigenvalue weighted by molar-refractivity contribution is 7.91. The number of esters is 1. The summed E-state index contributed by atoms with van der Waals surface area (Å²) in [5.74, 6) is -2.01. The van der Waals surface area contributed by atoms with Gasteiger partial charge in [-0.05, 0) is 38.1 Å². The van der Waals surface area contributed by atoms with Crippen LogP contribution < -0.4 is 9.47 Å². The third kappa shape index (κ3) is 5.01. The molecule has 1 aliphatic heterocycles. The zero-order valence-corrected chi connectivity index (χ0v) is 24.2. The van der Waals surface area contributed by atoms with Crippen molar-refractivity contribution in [2.75, 3.05) is 19.5 Å². The number of carbonyl (C=O) groups excluding carboxylic acids is 1. The molecule has 6 rings (SSSR count). The van der Waals surface area contributed by atoms with E-state index in [4.69, 9.17) is 18.6 Å². The maximum absolute atomic E-state index is 15.1. The zero-order valence-electron chi connectivity index (χ0n) is 23.4. The van der Waals surface area contributed by atoms with Gasteiger partial charge in [-0.25, -0.2) is 22.2 Å². The summed E-state index contributed by atoms with van der Waals surface area (Å²) in [7, 11) is -3.92. The van der Waals surface area contributed by atoms with E-state index in [-0.39, 0.29) is 58.6 Å². The second-order valence-corrected chi connectivity index (χ2v) is 12.4. The number of ether oxygens (including phenoxy) is 3. The summed E-state index contributed by atoms with van der Waals surface area (Å²) >= 11 is 0. The molecule has 1 atom stereocenters. The zero-order chi connectivity index (χ0) is 30.5. The van der Waals surface area contributed by atoms with Gasteiger partial charge in [-0.1, -0.05) is 18.2 Å². The van der Waals surface area contributed by atoms with E-state index < -0.39 is 32.6 Å². The van der Waals surface area contributed by atoms with Crippen molar-refractivity contribution in [1.82, 2.24) is 9.97 Å². The van der Waals surface area contributed by atoms with Gasteiger partial charge in [0.2, 0.25) is 5.89 Å². The second-order valence-electron chi connectivity index (χ2n) is 10.4. The Bertz CT molecular complexity index is 2000. The second kappa shape index (κ2) is 10.5. The van der Waals surface area contributed by atoms with Gasteiger partial charge in [0.1, 0.15) is 35.1 Å². The summed E-state index contributed by atoms with van der Waals surface area (Å²) in [5, 5.41) is 0.260. The van der Waals surface area contributed by atoms with Gasteiger partial charge in [-0.3, -0.25) is 4.79 Å². The largest absolute Gasteiger partial charge is 0.492 e. The summed E-state index contributed by atoms with van der Waals surface area (Å²) in [6.07, 6.45) is 3.90. The van der Waals surface area contributed by atoms with Crippen LogP contribution in [0.15, 0.2) is 70.3 Å². The van der Waals surface area contributed by atoms with Crippen LogP contribution in [-0.2, 0) is 31.2 Å². The molecule has 0 radical (unpaired) electrons. The summed E-state index contributed by atoms with van der Waals surface area (Å²) in [5.41, 5.74) is 1.37. The molecule has 0 amide bonds. The van der Waals surface area contributed by atoms with E-state index >= 15 is 8.78 Å². The number of nitrogens with zero attached hydrogens (tertiary/aromatic N) is 1. The van der Waals surface area contributed by atoms with Crippen molar-refractivity contribution >= 4 is 26.7 Å². The highest BCUT2D eigenvalue weighted by atomic mass is 32.2. The number of fused-ring (bicyclic) bond motifs is 2. The maximum Gasteiger partial charge on any atom is 0.310 e. The van der Waals surface area contributed by atoms with Crippen molar-refractivity contribution < 1.29 is 40.6 Å². The van der Waals surface area contributed by atoms with Crippen molar-refractivity contribution in [1.29, 1.82) is 0 Å². The minimum Gasteiger partial charge on any atom is -0.492 e. The molecule has 5 aromatic rings. The molecule has 9 nitrogen and oxygen atoms in total. The molecular weight excluding hydrogens is 582 g/mol. The van der Waals surface area contributed by atoms with Gasteiger partial charge in [0.15, 0.2) is 21.4 Å². The lowest BCUT2D eigenvalue weighted by atomic mass is 9.81. The number of benzene rings is 3. The Morgan fingerprint density at radius 2 is 1.95 bits per heavy atom. The number of hydrogen-bond donors (Lipinski definition) is 1. The molecule has 3 aromatic carbocycles. The highest BCUT2D eigenvalue weighted by Crippen LogP contribution is 2.46. The Labute approximate surface area is 245 Å². The number of sulfone groups is 1. The van der Waals surface area contributed by atoms with Crippen LogP contribution in [0.25, 0.3) is 22.4 Å². The molecular formula is C31H26F2N2O7S. The number of H-pyrrole nitrogens is 1. The Kier molecular flexibility index (Phi) is 6.96. The minimum absolute atomic E-state index is 0.0285. The number of rotatable bonds is 8. The van der Waals surface area contributed by atoms with Gasteiger partial charge in [0.25, 0.3) is 0 Å². The van der Waals surface area contributed by atoms with E-state index in [2.05, 4.69) is 9.97 Å². The molecule has 0 aliphatic carbocycles. The first kappa shape index (κ1) is 28.4. The summed E-state index contributed by atoms with van der Waals surface area (Å²) in [4.78, 5) is 19.1. The van der Waals surface area contributed by atoms with Crippen molar-refractivity contribution in [3.8, 4) is 28.7 Å². The van der Waals surface area contributed by atoms with Crippen LogP contribution in [0.1, 0.15) is 30.7 Å².